The predicted octanol–water partition coefficient (Wildman–Crippen LogP) is 1.55. The van der Waals surface area contributed by atoms with Crippen LogP contribution < -0.4 is 5.32 Å². The first kappa shape index (κ1) is 16.3. The van der Waals surface area contributed by atoms with Gasteiger partial charge in [0.05, 0.1) is 13.2 Å². The molecule has 1 fully saturated rings. The van der Waals surface area contributed by atoms with Crippen molar-refractivity contribution in [3.8, 4) is 0 Å². The van der Waals surface area contributed by atoms with Gasteiger partial charge in [-0.05, 0) is 12.0 Å². The van der Waals surface area contributed by atoms with E-state index in [0.29, 0.717) is 32.7 Å². The maximum atomic E-state index is 12.3. The van der Waals surface area contributed by atoms with E-state index in [1.165, 1.54) is 0 Å². The molecule has 0 aliphatic carbocycles. The minimum absolute atomic E-state index is 0.0811. The molecule has 0 radical (unpaired) electrons. The number of nitrogens with one attached hydrogen (secondary N) is 1. The van der Waals surface area contributed by atoms with Crippen LogP contribution in [0.2, 0.25) is 0 Å². The molecule has 6 nitrogen and oxygen atoms in total. The minimum Gasteiger partial charge on any atom is -0.445 e. The van der Waals surface area contributed by atoms with Gasteiger partial charge in [-0.25, -0.2) is 4.79 Å². The molecule has 1 aromatic rings. The molecule has 1 saturated heterocycles. The van der Waals surface area contributed by atoms with E-state index in [1.54, 1.807) is 4.90 Å². The van der Waals surface area contributed by atoms with Crippen LogP contribution in [0.1, 0.15) is 18.9 Å². The molecular formula is C16H22N2O4. The van der Waals surface area contributed by atoms with E-state index in [9.17, 15) is 9.59 Å². The minimum atomic E-state index is -0.572. The second kappa shape index (κ2) is 8.38. The van der Waals surface area contributed by atoms with E-state index < -0.39 is 12.1 Å². The van der Waals surface area contributed by atoms with Crippen molar-refractivity contribution in [3.05, 3.63) is 35.9 Å². The second-order valence-electron chi connectivity index (χ2n) is 5.10. The van der Waals surface area contributed by atoms with Gasteiger partial charge in [0.1, 0.15) is 12.6 Å². The van der Waals surface area contributed by atoms with E-state index in [2.05, 4.69) is 5.32 Å². The maximum Gasteiger partial charge on any atom is 0.408 e. The lowest BCUT2D eigenvalue weighted by atomic mass is 10.2. The number of amides is 2. The summed E-state index contributed by atoms with van der Waals surface area (Å²) in [4.78, 5) is 25.9. The summed E-state index contributed by atoms with van der Waals surface area (Å²) >= 11 is 0. The van der Waals surface area contributed by atoms with Crippen LogP contribution in [0.4, 0.5) is 4.79 Å². The fourth-order valence-corrected chi connectivity index (χ4v) is 2.25. The van der Waals surface area contributed by atoms with Gasteiger partial charge in [0.2, 0.25) is 5.91 Å². The summed E-state index contributed by atoms with van der Waals surface area (Å²) in [5.74, 6) is -0.0811. The topological polar surface area (TPSA) is 67.9 Å². The van der Waals surface area contributed by atoms with Gasteiger partial charge in [-0.3, -0.25) is 4.79 Å². The summed E-state index contributed by atoms with van der Waals surface area (Å²) in [6.45, 7) is 4.27. The molecule has 1 aliphatic heterocycles. The molecule has 0 spiro atoms. The van der Waals surface area contributed by atoms with Crippen LogP contribution in [0.3, 0.4) is 0 Å². The molecule has 2 rings (SSSR count). The smallest absolute Gasteiger partial charge is 0.408 e. The third-order valence-corrected chi connectivity index (χ3v) is 3.53. The summed E-state index contributed by atoms with van der Waals surface area (Å²) in [6, 6.07) is 8.87. The van der Waals surface area contributed by atoms with Crippen LogP contribution in [0.25, 0.3) is 0 Å². The molecule has 1 N–H and O–H groups in total. The van der Waals surface area contributed by atoms with E-state index in [4.69, 9.17) is 9.47 Å². The number of hydrogen-bond donors (Lipinski definition) is 1. The molecule has 2 amide bonds. The normalized spacial score (nSPS) is 16.0. The third-order valence-electron chi connectivity index (χ3n) is 3.53. The zero-order valence-corrected chi connectivity index (χ0v) is 12.8. The molecule has 1 aromatic carbocycles. The first-order chi connectivity index (χ1) is 10.7. The van der Waals surface area contributed by atoms with E-state index in [0.717, 1.165) is 5.56 Å². The van der Waals surface area contributed by atoms with Crippen LogP contribution >= 0.6 is 0 Å². The van der Waals surface area contributed by atoms with E-state index in [1.807, 2.05) is 37.3 Å². The Morgan fingerprint density at radius 2 is 1.95 bits per heavy atom. The Hall–Kier alpha value is -2.08. The molecule has 1 aliphatic rings. The molecule has 0 aromatic heterocycles. The highest BCUT2D eigenvalue weighted by Gasteiger charge is 2.26. The lowest BCUT2D eigenvalue weighted by Gasteiger charge is -2.30. The van der Waals surface area contributed by atoms with Crippen molar-refractivity contribution in [1.29, 1.82) is 0 Å². The highest BCUT2D eigenvalue weighted by atomic mass is 16.5. The summed E-state index contributed by atoms with van der Waals surface area (Å²) in [5, 5.41) is 2.64. The molecule has 1 heterocycles. The number of alkyl carbamates (subject to hydrolysis) is 1. The van der Waals surface area contributed by atoms with Crippen molar-refractivity contribution in [2.24, 2.45) is 0 Å². The number of rotatable bonds is 5. The quantitative estimate of drug-likeness (QED) is 0.896. The molecule has 0 saturated carbocycles. The number of ether oxygens (including phenoxy) is 2. The van der Waals surface area contributed by atoms with Crippen molar-refractivity contribution < 1.29 is 19.1 Å². The van der Waals surface area contributed by atoms with Gasteiger partial charge in [-0.15, -0.1) is 0 Å². The van der Waals surface area contributed by atoms with Gasteiger partial charge in [-0.1, -0.05) is 37.3 Å². The predicted molar refractivity (Wildman–Crippen MR) is 81.2 cm³/mol. The fourth-order valence-electron chi connectivity index (χ4n) is 2.25. The van der Waals surface area contributed by atoms with Crippen molar-refractivity contribution in [2.75, 3.05) is 26.3 Å². The summed E-state index contributed by atoms with van der Waals surface area (Å²) in [7, 11) is 0. The zero-order chi connectivity index (χ0) is 15.8. The molecule has 1 unspecified atom stereocenters. The molecule has 120 valence electrons. The maximum absolute atomic E-state index is 12.3. The average Bonchev–Trinajstić information content (AvgIpc) is 2.59. The van der Waals surface area contributed by atoms with Gasteiger partial charge < -0.3 is 19.7 Å². The largest absolute Gasteiger partial charge is 0.445 e. The Bertz CT molecular complexity index is 486. The number of carbonyl (C=O) groups is 2. The lowest BCUT2D eigenvalue weighted by molar-refractivity contribution is -0.137. The van der Waals surface area contributed by atoms with Crippen LogP contribution in [-0.4, -0.2) is 49.2 Å². The highest BCUT2D eigenvalue weighted by molar-refractivity contribution is 5.85. The number of morpholine rings is 1. The van der Waals surface area contributed by atoms with Gasteiger partial charge in [0.25, 0.3) is 0 Å². The van der Waals surface area contributed by atoms with E-state index in [-0.39, 0.29) is 12.5 Å². The van der Waals surface area contributed by atoms with Crippen molar-refractivity contribution >= 4 is 12.0 Å². The Balaban J connectivity index is 1.81. The Morgan fingerprint density at radius 1 is 1.27 bits per heavy atom. The third kappa shape index (κ3) is 4.73. The number of hydrogen-bond acceptors (Lipinski definition) is 4. The zero-order valence-electron chi connectivity index (χ0n) is 12.8. The Morgan fingerprint density at radius 3 is 2.59 bits per heavy atom. The lowest BCUT2D eigenvalue weighted by Crippen LogP contribution is -2.51. The Labute approximate surface area is 130 Å². The van der Waals surface area contributed by atoms with Crippen LogP contribution in [0.5, 0.6) is 0 Å². The summed E-state index contributed by atoms with van der Waals surface area (Å²) in [5.41, 5.74) is 0.908. The first-order valence-electron chi connectivity index (χ1n) is 7.54. The molecule has 1 atom stereocenters. The molecule has 22 heavy (non-hydrogen) atoms. The van der Waals surface area contributed by atoms with E-state index >= 15 is 0 Å². The van der Waals surface area contributed by atoms with Crippen LogP contribution in [0.15, 0.2) is 30.3 Å². The SMILES string of the molecule is CCC(NC(=O)OCc1ccccc1)C(=O)N1CCOCC1. The number of carbonyl (C=O) groups excluding carboxylic acids is 2. The monoisotopic (exact) mass is 306 g/mol. The number of nitrogens with zero attached hydrogens (tertiary/aromatic N) is 1. The van der Waals surface area contributed by atoms with Gasteiger partial charge in [-0.2, -0.15) is 0 Å². The van der Waals surface area contributed by atoms with Gasteiger partial charge in [0, 0.05) is 13.1 Å². The Kier molecular flexibility index (Phi) is 6.21. The highest BCUT2D eigenvalue weighted by Crippen LogP contribution is 2.05. The second-order valence-corrected chi connectivity index (χ2v) is 5.10. The molecule has 6 heteroatoms. The van der Waals surface area contributed by atoms with Gasteiger partial charge in [0.15, 0.2) is 0 Å². The van der Waals surface area contributed by atoms with Crippen LogP contribution in [-0.2, 0) is 20.9 Å². The fraction of sp³-hybridized carbons (Fsp3) is 0.500. The molecule has 0 bridgehead atoms. The van der Waals surface area contributed by atoms with Gasteiger partial charge >= 0.3 is 6.09 Å². The standard InChI is InChI=1S/C16H22N2O4/c1-2-14(15(19)18-8-10-21-11-9-18)17-16(20)22-12-13-6-4-3-5-7-13/h3-7,14H,2,8-12H2,1H3,(H,17,20). The summed E-state index contributed by atoms with van der Waals surface area (Å²) < 4.78 is 10.4. The number of benzene rings is 1. The molecular weight excluding hydrogens is 284 g/mol. The average molecular weight is 306 g/mol. The van der Waals surface area contributed by atoms with Crippen molar-refractivity contribution in [2.45, 2.75) is 26.0 Å². The summed E-state index contributed by atoms with van der Waals surface area (Å²) in [6.07, 6.45) is -0.0475. The van der Waals surface area contributed by atoms with Crippen molar-refractivity contribution in [1.82, 2.24) is 10.2 Å². The van der Waals surface area contributed by atoms with Crippen molar-refractivity contribution in [3.63, 3.8) is 0 Å². The van der Waals surface area contributed by atoms with Crippen LogP contribution in [0, 0.1) is 0 Å². The first-order valence-corrected chi connectivity index (χ1v) is 7.54.